The lowest BCUT2D eigenvalue weighted by Gasteiger charge is -2.25. The van der Waals surface area contributed by atoms with Crippen LogP contribution in [0.2, 0.25) is 0 Å². The zero-order valence-corrected chi connectivity index (χ0v) is 20.0. The summed E-state index contributed by atoms with van der Waals surface area (Å²) in [5, 5.41) is 2.81. The van der Waals surface area contributed by atoms with Crippen LogP contribution in [0.4, 0.5) is 11.4 Å². The summed E-state index contributed by atoms with van der Waals surface area (Å²) in [7, 11) is 1.53. The summed E-state index contributed by atoms with van der Waals surface area (Å²) in [6.07, 6.45) is 0. The van der Waals surface area contributed by atoms with Crippen LogP contribution in [0.1, 0.15) is 81.7 Å². The van der Waals surface area contributed by atoms with Gasteiger partial charge >= 0.3 is 0 Å². The van der Waals surface area contributed by atoms with E-state index in [-0.39, 0.29) is 28.9 Å². The van der Waals surface area contributed by atoms with E-state index in [0.29, 0.717) is 22.7 Å². The molecule has 0 saturated heterocycles. The number of fused-ring (bicyclic) bond motifs is 1. The molecule has 6 nitrogen and oxygen atoms in total. The molecule has 3 aromatic rings. The van der Waals surface area contributed by atoms with Crippen LogP contribution in [0, 0.1) is 0 Å². The molecule has 1 aliphatic rings. The number of carbonyl (C=O) groups excluding carboxylic acids is 3. The van der Waals surface area contributed by atoms with Gasteiger partial charge in [-0.3, -0.25) is 14.4 Å². The minimum absolute atomic E-state index is 0.125. The smallest absolute Gasteiger partial charge is 0.266 e. The van der Waals surface area contributed by atoms with Gasteiger partial charge in [0.05, 0.1) is 29.6 Å². The molecular formula is C28H28N2O4. The number of hydrogen-bond donors (Lipinski definition) is 1. The molecule has 3 aromatic carbocycles. The molecule has 1 aliphatic heterocycles. The van der Waals surface area contributed by atoms with Gasteiger partial charge in [-0.2, -0.15) is 0 Å². The SMILES string of the molecule is COc1ccccc1NC(=O)c1ccc2c(c1)C(=O)N(c1c(C(C)C)cccc1C(C)C)C2=O. The molecule has 0 spiro atoms. The highest BCUT2D eigenvalue weighted by Gasteiger charge is 2.39. The Morgan fingerprint density at radius 2 is 1.44 bits per heavy atom. The number of amides is 3. The fraction of sp³-hybridized carbons (Fsp3) is 0.250. The maximum absolute atomic E-state index is 13.5. The van der Waals surface area contributed by atoms with Gasteiger partial charge in [-0.05, 0) is 53.3 Å². The second-order valence-electron chi connectivity index (χ2n) is 8.95. The van der Waals surface area contributed by atoms with Gasteiger partial charge in [0.1, 0.15) is 5.75 Å². The third-order valence-electron chi connectivity index (χ3n) is 6.07. The lowest BCUT2D eigenvalue weighted by molar-refractivity contribution is 0.0924. The van der Waals surface area contributed by atoms with Crippen molar-refractivity contribution in [3.8, 4) is 5.75 Å². The molecule has 0 atom stereocenters. The maximum atomic E-state index is 13.5. The molecule has 0 aromatic heterocycles. The van der Waals surface area contributed by atoms with Gasteiger partial charge in [0.2, 0.25) is 0 Å². The van der Waals surface area contributed by atoms with E-state index in [2.05, 4.69) is 5.32 Å². The second-order valence-corrected chi connectivity index (χ2v) is 8.95. The maximum Gasteiger partial charge on any atom is 0.266 e. The molecule has 0 aliphatic carbocycles. The van der Waals surface area contributed by atoms with Crippen LogP contribution >= 0.6 is 0 Å². The number of benzene rings is 3. The molecule has 1 heterocycles. The number of ether oxygens (including phenoxy) is 1. The normalized spacial score (nSPS) is 13.0. The monoisotopic (exact) mass is 456 g/mol. The van der Waals surface area contributed by atoms with Gasteiger partial charge in [0.15, 0.2) is 0 Å². The van der Waals surface area contributed by atoms with E-state index >= 15 is 0 Å². The Morgan fingerprint density at radius 1 is 0.824 bits per heavy atom. The Bertz CT molecular complexity index is 1270. The third-order valence-corrected chi connectivity index (χ3v) is 6.07. The summed E-state index contributed by atoms with van der Waals surface area (Å²) >= 11 is 0. The first kappa shape index (κ1) is 23.2. The number of nitrogens with zero attached hydrogens (tertiary/aromatic N) is 1. The first-order valence-electron chi connectivity index (χ1n) is 11.3. The Labute approximate surface area is 199 Å². The largest absolute Gasteiger partial charge is 0.495 e. The van der Waals surface area contributed by atoms with Crippen LogP contribution in [-0.2, 0) is 0 Å². The van der Waals surface area contributed by atoms with Crippen LogP contribution in [0.5, 0.6) is 5.75 Å². The molecule has 0 radical (unpaired) electrons. The standard InChI is InChI=1S/C28H28N2O4/c1-16(2)19-9-8-10-20(17(3)4)25(19)30-27(32)21-14-13-18(15-22(21)28(30)33)26(31)29-23-11-6-7-12-24(23)34-5/h6-17H,1-5H3,(H,29,31). The van der Waals surface area contributed by atoms with E-state index in [4.69, 9.17) is 4.74 Å². The summed E-state index contributed by atoms with van der Waals surface area (Å²) in [6, 6.07) is 17.6. The molecule has 4 rings (SSSR count). The molecule has 0 fully saturated rings. The number of rotatable bonds is 6. The van der Waals surface area contributed by atoms with Gasteiger partial charge in [-0.1, -0.05) is 58.0 Å². The summed E-state index contributed by atoms with van der Waals surface area (Å²) in [5.74, 6) is -0.397. The minimum atomic E-state index is -0.415. The Kier molecular flexibility index (Phi) is 6.24. The van der Waals surface area contributed by atoms with Crippen molar-refractivity contribution in [2.75, 3.05) is 17.3 Å². The zero-order chi connectivity index (χ0) is 24.6. The Morgan fingerprint density at radius 3 is 2.06 bits per heavy atom. The first-order chi connectivity index (χ1) is 16.2. The van der Waals surface area contributed by atoms with Crippen LogP contribution in [0.3, 0.4) is 0 Å². The van der Waals surface area contributed by atoms with E-state index in [1.54, 1.807) is 30.3 Å². The lowest BCUT2D eigenvalue weighted by Crippen LogP contribution is -2.31. The molecule has 0 saturated carbocycles. The average Bonchev–Trinajstić information content (AvgIpc) is 3.07. The predicted octanol–water partition coefficient (Wildman–Crippen LogP) is 5.99. The van der Waals surface area contributed by atoms with E-state index in [0.717, 1.165) is 11.1 Å². The number of carbonyl (C=O) groups is 3. The third kappa shape index (κ3) is 3.96. The number of nitrogens with one attached hydrogen (secondary N) is 1. The van der Waals surface area contributed by atoms with E-state index in [1.165, 1.54) is 18.1 Å². The van der Waals surface area contributed by atoms with Crippen molar-refractivity contribution in [3.63, 3.8) is 0 Å². The van der Waals surface area contributed by atoms with Crippen LogP contribution < -0.4 is 15.0 Å². The van der Waals surface area contributed by atoms with E-state index in [1.807, 2.05) is 52.0 Å². The van der Waals surface area contributed by atoms with Crippen LogP contribution in [-0.4, -0.2) is 24.8 Å². The number of anilines is 2. The van der Waals surface area contributed by atoms with Crippen LogP contribution in [0.25, 0.3) is 0 Å². The van der Waals surface area contributed by atoms with E-state index in [9.17, 15) is 14.4 Å². The highest BCUT2D eigenvalue weighted by molar-refractivity contribution is 6.35. The van der Waals surface area contributed by atoms with Crippen molar-refractivity contribution in [1.82, 2.24) is 0 Å². The summed E-state index contributed by atoms with van der Waals surface area (Å²) in [5.41, 5.74) is 3.86. The highest BCUT2D eigenvalue weighted by atomic mass is 16.5. The summed E-state index contributed by atoms with van der Waals surface area (Å²) < 4.78 is 5.29. The van der Waals surface area contributed by atoms with Gasteiger partial charge in [-0.25, -0.2) is 4.90 Å². The molecule has 0 bridgehead atoms. The summed E-state index contributed by atoms with van der Waals surface area (Å²) in [4.78, 5) is 41.2. The van der Waals surface area contributed by atoms with Gasteiger partial charge < -0.3 is 10.1 Å². The molecule has 1 N–H and O–H groups in total. The highest BCUT2D eigenvalue weighted by Crippen LogP contribution is 2.39. The molecular weight excluding hydrogens is 428 g/mol. The quantitative estimate of drug-likeness (QED) is 0.462. The molecule has 3 amide bonds. The number of imide groups is 1. The Balaban J connectivity index is 1.73. The van der Waals surface area contributed by atoms with Crippen LogP contribution in [0.15, 0.2) is 60.7 Å². The fourth-order valence-electron chi connectivity index (χ4n) is 4.30. The van der Waals surface area contributed by atoms with Gasteiger partial charge in [0.25, 0.3) is 17.7 Å². The van der Waals surface area contributed by atoms with Crippen molar-refractivity contribution in [2.24, 2.45) is 0 Å². The molecule has 0 unspecified atom stereocenters. The van der Waals surface area contributed by atoms with Crippen molar-refractivity contribution in [3.05, 3.63) is 88.5 Å². The van der Waals surface area contributed by atoms with Crippen molar-refractivity contribution in [2.45, 2.75) is 39.5 Å². The number of para-hydroxylation sites is 3. The lowest BCUT2D eigenvalue weighted by atomic mass is 9.92. The summed E-state index contributed by atoms with van der Waals surface area (Å²) in [6.45, 7) is 8.17. The predicted molar refractivity (Wildman–Crippen MR) is 133 cm³/mol. The molecule has 6 heteroatoms. The van der Waals surface area contributed by atoms with Crippen molar-refractivity contribution in [1.29, 1.82) is 0 Å². The van der Waals surface area contributed by atoms with Crippen molar-refractivity contribution >= 4 is 29.1 Å². The number of hydrogen-bond acceptors (Lipinski definition) is 4. The Hall–Kier alpha value is -3.93. The zero-order valence-electron chi connectivity index (χ0n) is 20.0. The van der Waals surface area contributed by atoms with Gasteiger partial charge in [0, 0.05) is 5.56 Å². The average molecular weight is 457 g/mol. The molecule has 174 valence electrons. The first-order valence-corrected chi connectivity index (χ1v) is 11.3. The topological polar surface area (TPSA) is 75.7 Å². The second kappa shape index (κ2) is 9.14. The van der Waals surface area contributed by atoms with Crippen molar-refractivity contribution < 1.29 is 19.1 Å². The van der Waals surface area contributed by atoms with E-state index < -0.39 is 11.8 Å². The number of methoxy groups -OCH3 is 1. The molecule has 34 heavy (non-hydrogen) atoms. The minimum Gasteiger partial charge on any atom is -0.495 e. The van der Waals surface area contributed by atoms with Gasteiger partial charge in [-0.15, -0.1) is 0 Å². The fourth-order valence-corrected chi connectivity index (χ4v) is 4.30.